The smallest absolute Gasteiger partial charge is 0.240 e. The van der Waals surface area contributed by atoms with Gasteiger partial charge in [0.25, 0.3) is 0 Å². The topological polar surface area (TPSA) is 77.1 Å². The second-order valence-electron chi connectivity index (χ2n) is 4.35. The number of aromatic nitrogens is 2. The number of hydrogen-bond donors (Lipinski definition) is 1. The van der Waals surface area contributed by atoms with Gasteiger partial charge in [-0.2, -0.15) is 5.10 Å². The van der Waals surface area contributed by atoms with Crippen LogP contribution in [-0.4, -0.2) is 18.2 Å². The van der Waals surface area contributed by atoms with Crippen molar-refractivity contribution in [2.75, 3.05) is 0 Å². The maximum Gasteiger partial charge on any atom is 0.240 e. The molecule has 0 unspecified atom stereocenters. The Morgan fingerprint density at radius 3 is 2.57 bits per heavy atom. The third-order valence-electron chi connectivity index (χ3n) is 2.93. The van der Waals surface area contributed by atoms with Gasteiger partial charge in [-0.1, -0.05) is 0 Å². The van der Waals surface area contributed by atoms with Crippen LogP contribution < -0.4 is 4.72 Å². The summed E-state index contributed by atoms with van der Waals surface area (Å²) >= 11 is 0. The summed E-state index contributed by atoms with van der Waals surface area (Å²) in [5.41, 5.74) is 0.796. The zero-order valence-corrected chi connectivity index (χ0v) is 11.8. The van der Waals surface area contributed by atoms with E-state index in [-0.39, 0.29) is 11.4 Å². The lowest BCUT2D eigenvalue weighted by atomic mass is 10.3. The molecule has 108 valence electrons. The van der Waals surface area contributed by atoms with Gasteiger partial charge in [-0.3, -0.25) is 0 Å². The molecular formula is C14H13N3O3S. The van der Waals surface area contributed by atoms with E-state index in [9.17, 15) is 8.42 Å². The molecule has 0 fully saturated rings. The zero-order chi connectivity index (χ0) is 14.7. The molecule has 0 bridgehead atoms. The van der Waals surface area contributed by atoms with Crippen LogP contribution in [0.5, 0.6) is 0 Å². The summed E-state index contributed by atoms with van der Waals surface area (Å²) in [7, 11) is -3.56. The first kappa shape index (κ1) is 13.6. The SMILES string of the molecule is O=S(=O)(NCc1ccco1)c1ccc(-n2cccn2)cc1. The summed E-state index contributed by atoms with van der Waals surface area (Å²) < 4.78 is 33.5. The van der Waals surface area contributed by atoms with Crippen molar-refractivity contribution in [1.29, 1.82) is 0 Å². The lowest BCUT2D eigenvalue weighted by molar-refractivity contribution is 0.498. The monoisotopic (exact) mass is 303 g/mol. The molecular weight excluding hydrogens is 290 g/mol. The Morgan fingerprint density at radius 1 is 1.14 bits per heavy atom. The van der Waals surface area contributed by atoms with Gasteiger partial charge in [-0.15, -0.1) is 0 Å². The Labute approximate surface area is 122 Å². The molecule has 0 aliphatic heterocycles. The largest absolute Gasteiger partial charge is 0.468 e. The third kappa shape index (κ3) is 3.04. The van der Waals surface area contributed by atoms with E-state index >= 15 is 0 Å². The van der Waals surface area contributed by atoms with Crippen molar-refractivity contribution in [3.05, 3.63) is 66.9 Å². The van der Waals surface area contributed by atoms with Gasteiger partial charge in [-0.25, -0.2) is 17.8 Å². The van der Waals surface area contributed by atoms with Crippen LogP contribution in [0, 0.1) is 0 Å². The van der Waals surface area contributed by atoms with E-state index in [1.165, 1.54) is 6.26 Å². The molecule has 2 heterocycles. The number of nitrogens with zero attached hydrogens (tertiary/aromatic N) is 2. The van der Waals surface area contributed by atoms with Crippen molar-refractivity contribution < 1.29 is 12.8 Å². The first-order chi connectivity index (χ1) is 10.1. The van der Waals surface area contributed by atoms with Crippen molar-refractivity contribution >= 4 is 10.0 Å². The van der Waals surface area contributed by atoms with E-state index in [2.05, 4.69) is 9.82 Å². The van der Waals surface area contributed by atoms with Crippen molar-refractivity contribution in [3.8, 4) is 5.69 Å². The number of rotatable bonds is 5. The van der Waals surface area contributed by atoms with E-state index in [0.29, 0.717) is 5.76 Å². The summed E-state index contributed by atoms with van der Waals surface area (Å²) in [6, 6.07) is 11.7. The lowest BCUT2D eigenvalue weighted by Crippen LogP contribution is -2.23. The van der Waals surface area contributed by atoms with Gasteiger partial charge in [0.05, 0.1) is 23.4 Å². The highest BCUT2D eigenvalue weighted by Crippen LogP contribution is 2.13. The number of furan rings is 1. The zero-order valence-electron chi connectivity index (χ0n) is 11.0. The molecule has 3 rings (SSSR count). The minimum absolute atomic E-state index is 0.121. The molecule has 0 aliphatic rings. The summed E-state index contributed by atoms with van der Waals surface area (Å²) in [4.78, 5) is 0.199. The molecule has 0 spiro atoms. The minimum Gasteiger partial charge on any atom is -0.468 e. The standard InChI is InChI=1S/C14H13N3O3S/c18-21(19,16-11-13-3-1-10-20-13)14-6-4-12(5-7-14)17-9-2-8-15-17/h1-10,16H,11H2. The molecule has 3 aromatic rings. The predicted molar refractivity (Wildman–Crippen MR) is 76.3 cm³/mol. The maximum absolute atomic E-state index is 12.1. The molecule has 0 aliphatic carbocycles. The van der Waals surface area contributed by atoms with E-state index < -0.39 is 10.0 Å². The first-order valence-corrected chi connectivity index (χ1v) is 7.76. The Morgan fingerprint density at radius 2 is 1.95 bits per heavy atom. The molecule has 2 aromatic heterocycles. The molecule has 0 amide bonds. The van der Waals surface area contributed by atoms with Crippen molar-refractivity contribution in [1.82, 2.24) is 14.5 Å². The van der Waals surface area contributed by atoms with Crippen LogP contribution in [0.3, 0.4) is 0 Å². The Hall–Kier alpha value is -2.38. The Kier molecular flexibility index (Phi) is 3.59. The maximum atomic E-state index is 12.1. The molecule has 21 heavy (non-hydrogen) atoms. The summed E-state index contributed by atoms with van der Waals surface area (Å²) in [6.45, 7) is 0.121. The molecule has 1 N–H and O–H groups in total. The molecule has 0 saturated carbocycles. The average Bonchev–Trinajstić information content (AvgIpc) is 3.19. The Balaban J connectivity index is 1.76. The normalized spacial score (nSPS) is 11.6. The fourth-order valence-electron chi connectivity index (χ4n) is 1.86. The number of hydrogen-bond acceptors (Lipinski definition) is 4. The third-order valence-corrected chi connectivity index (χ3v) is 4.35. The van der Waals surface area contributed by atoms with Crippen molar-refractivity contribution in [3.63, 3.8) is 0 Å². The fraction of sp³-hybridized carbons (Fsp3) is 0.0714. The number of nitrogens with one attached hydrogen (secondary N) is 1. The van der Waals surface area contributed by atoms with E-state index in [0.717, 1.165) is 5.69 Å². The summed E-state index contributed by atoms with van der Waals surface area (Å²) in [5.74, 6) is 0.562. The van der Waals surface area contributed by atoms with Crippen molar-refractivity contribution in [2.45, 2.75) is 11.4 Å². The number of sulfonamides is 1. The Bertz CT molecular complexity index is 792. The van der Waals surface area contributed by atoms with Crippen LogP contribution in [0.25, 0.3) is 5.69 Å². The summed E-state index contributed by atoms with van der Waals surface area (Å²) in [6.07, 6.45) is 4.96. The summed E-state index contributed by atoms with van der Waals surface area (Å²) in [5, 5.41) is 4.09. The van der Waals surface area contributed by atoms with E-state index in [1.807, 2.05) is 0 Å². The van der Waals surface area contributed by atoms with Crippen LogP contribution >= 0.6 is 0 Å². The van der Waals surface area contributed by atoms with Crippen molar-refractivity contribution in [2.24, 2.45) is 0 Å². The predicted octanol–water partition coefficient (Wildman–Crippen LogP) is 1.94. The molecule has 7 heteroatoms. The highest BCUT2D eigenvalue weighted by Gasteiger charge is 2.14. The van der Waals surface area contributed by atoms with Crippen LogP contribution in [-0.2, 0) is 16.6 Å². The molecule has 6 nitrogen and oxygen atoms in total. The van der Waals surface area contributed by atoms with Gasteiger partial charge in [-0.05, 0) is 42.5 Å². The van der Waals surface area contributed by atoms with Gasteiger partial charge in [0, 0.05) is 12.4 Å². The second kappa shape index (κ2) is 5.55. The van der Waals surface area contributed by atoms with E-state index in [4.69, 9.17) is 4.42 Å². The average molecular weight is 303 g/mol. The lowest BCUT2D eigenvalue weighted by Gasteiger charge is -2.07. The van der Waals surface area contributed by atoms with Gasteiger partial charge < -0.3 is 4.42 Å². The van der Waals surface area contributed by atoms with Gasteiger partial charge in [0.1, 0.15) is 5.76 Å². The first-order valence-electron chi connectivity index (χ1n) is 6.27. The molecule has 0 atom stereocenters. The van der Waals surface area contributed by atoms with Gasteiger partial charge >= 0.3 is 0 Å². The van der Waals surface area contributed by atoms with Gasteiger partial charge in [0.2, 0.25) is 10.0 Å². The second-order valence-corrected chi connectivity index (χ2v) is 6.12. The van der Waals surface area contributed by atoms with Crippen LogP contribution in [0.2, 0.25) is 0 Å². The van der Waals surface area contributed by atoms with Crippen LogP contribution in [0.4, 0.5) is 0 Å². The fourth-order valence-corrected chi connectivity index (χ4v) is 2.86. The highest BCUT2D eigenvalue weighted by molar-refractivity contribution is 7.89. The van der Waals surface area contributed by atoms with Gasteiger partial charge in [0.15, 0.2) is 0 Å². The molecule has 0 saturated heterocycles. The quantitative estimate of drug-likeness (QED) is 0.781. The van der Waals surface area contributed by atoms with E-state index in [1.54, 1.807) is 59.5 Å². The minimum atomic E-state index is -3.56. The van der Waals surface area contributed by atoms with Crippen LogP contribution in [0.15, 0.2) is 70.4 Å². The molecule has 1 aromatic carbocycles. The molecule has 0 radical (unpaired) electrons. The number of benzene rings is 1. The van der Waals surface area contributed by atoms with Crippen LogP contribution in [0.1, 0.15) is 5.76 Å². The highest BCUT2D eigenvalue weighted by atomic mass is 32.2.